The van der Waals surface area contributed by atoms with Gasteiger partial charge in [-0.15, -0.1) is 5.10 Å². The highest BCUT2D eigenvalue weighted by Gasteiger charge is 2.19. The summed E-state index contributed by atoms with van der Waals surface area (Å²) in [6.07, 6.45) is 2.13. The van der Waals surface area contributed by atoms with Crippen LogP contribution in [0.1, 0.15) is 38.4 Å². The molecular weight excluding hydrogens is 212 g/mol. The molecule has 0 unspecified atom stereocenters. The first kappa shape index (κ1) is 12.3. The molecule has 1 N–H and O–H groups in total. The number of rotatable bonds is 4. The number of aromatic nitrogens is 2. The Hall–Kier alpha value is -1.16. The monoisotopic (exact) mass is 234 g/mol. The van der Waals surface area contributed by atoms with Crippen molar-refractivity contribution in [1.29, 1.82) is 0 Å². The average Bonchev–Trinajstić information content (AvgIpc) is 2.35. The van der Waals surface area contributed by atoms with E-state index in [2.05, 4.69) is 47.3 Å². The average molecular weight is 234 g/mol. The van der Waals surface area contributed by atoms with Crippen molar-refractivity contribution < 1.29 is 0 Å². The summed E-state index contributed by atoms with van der Waals surface area (Å²) in [5.41, 5.74) is 2.50. The zero-order valence-electron chi connectivity index (χ0n) is 11.0. The predicted molar refractivity (Wildman–Crippen MR) is 70.1 cm³/mol. The summed E-state index contributed by atoms with van der Waals surface area (Å²) in [7, 11) is 0. The number of nitrogens with one attached hydrogen (secondary N) is 1. The van der Waals surface area contributed by atoms with Crippen molar-refractivity contribution in [1.82, 2.24) is 15.1 Å². The molecular formula is C13H22N4. The van der Waals surface area contributed by atoms with Crippen molar-refractivity contribution in [2.24, 2.45) is 0 Å². The van der Waals surface area contributed by atoms with Gasteiger partial charge in [-0.2, -0.15) is 5.10 Å². The molecule has 94 valence electrons. The van der Waals surface area contributed by atoms with Gasteiger partial charge in [-0.05, 0) is 31.9 Å². The van der Waals surface area contributed by atoms with Crippen molar-refractivity contribution in [2.45, 2.75) is 46.2 Å². The van der Waals surface area contributed by atoms with Gasteiger partial charge in [0, 0.05) is 32.1 Å². The fraction of sp³-hybridized carbons (Fsp3) is 0.692. The van der Waals surface area contributed by atoms with E-state index in [1.54, 1.807) is 0 Å². The van der Waals surface area contributed by atoms with Crippen LogP contribution < -0.4 is 5.32 Å². The highest BCUT2D eigenvalue weighted by atomic mass is 15.2. The van der Waals surface area contributed by atoms with Crippen LogP contribution >= 0.6 is 0 Å². The Morgan fingerprint density at radius 3 is 2.94 bits per heavy atom. The molecule has 0 saturated heterocycles. The molecule has 0 bridgehead atoms. The summed E-state index contributed by atoms with van der Waals surface area (Å²) in [4.78, 5) is 2.48. The number of hydrogen-bond acceptors (Lipinski definition) is 4. The Morgan fingerprint density at radius 2 is 2.24 bits per heavy atom. The van der Waals surface area contributed by atoms with E-state index in [1.807, 2.05) is 0 Å². The third kappa shape index (κ3) is 2.94. The van der Waals surface area contributed by atoms with Crippen LogP contribution in [0.3, 0.4) is 0 Å². The van der Waals surface area contributed by atoms with E-state index in [0.29, 0.717) is 6.04 Å². The lowest BCUT2D eigenvalue weighted by atomic mass is 10.1. The van der Waals surface area contributed by atoms with Gasteiger partial charge in [0.05, 0.1) is 5.69 Å². The first-order chi connectivity index (χ1) is 8.20. The SMILES string of the molecule is CCCNc1cc2c(nn1)CCN(C(C)C)C2. The van der Waals surface area contributed by atoms with E-state index in [0.717, 1.165) is 38.3 Å². The van der Waals surface area contributed by atoms with Crippen molar-refractivity contribution in [3.05, 3.63) is 17.3 Å². The van der Waals surface area contributed by atoms with Crippen molar-refractivity contribution in [3.63, 3.8) is 0 Å². The number of fused-ring (bicyclic) bond motifs is 1. The zero-order chi connectivity index (χ0) is 12.3. The second-order valence-electron chi connectivity index (χ2n) is 4.94. The van der Waals surface area contributed by atoms with Gasteiger partial charge in [0.1, 0.15) is 5.82 Å². The maximum atomic E-state index is 4.33. The molecule has 0 saturated carbocycles. The van der Waals surface area contributed by atoms with Crippen LogP contribution in [0.2, 0.25) is 0 Å². The molecule has 0 fully saturated rings. The highest BCUT2D eigenvalue weighted by molar-refractivity contribution is 5.38. The van der Waals surface area contributed by atoms with E-state index in [-0.39, 0.29) is 0 Å². The van der Waals surface area contributed by atoms with Gasteiger partial charge in [0.2, 0.25) is 0 Å². The van der Waals surface area contributed by atoms with Gasteiger partial charge < -0.3 is 5.32 Å². The lowest BCUT2D eigenvalue weighted by Gasteiger charge is -2.31. The standard InChI is InChI=1S/C13H22N4/c1-4-6-14-13-8-11-9-17(10(2)3)7-5-12(11)15-16-13/h8,10H,4-7,9H2,1-3H3,(H,14,16). The van der Waals surface area contributed by atoms with Crippen LogP contribution in [-0.2, 0) is 13.0 Å². The largest absolute Gasteiger partial charge is 0.369 e. The van der Waals surface area contributed by atoms with E-state index in [9.17, 15) is 0 Å². The number of hydrogen-bond donors (Lipinski definition) is 1. The topological polar surface area (TPSA) is 41.1 Å². The summed E-state index contributed by atoms with van der Waals surface area (Å²) < 4.78 is 0. The van der Waals surface area contributed by atoms with Crippen LogP contribution in [0.5, 0.6) is 0 Å². The maximum absolute atomic E-state index is 4.33. The van der Waals surface area contributed by atoms with Crippen molar-refractivity contribution in [3.8, 4) is 0 Å². The summed E-state index contributed by atoms with van der Waals surface area (Å²) in [5, 5.41) is 11.8. The number of anilines is 1. The Kier molecular flexibility index (Phi) is 3.94. The van der Waals surface area contributed by atoms with Gasteiger partial charge in [-0.1, -0.05) is 6.92 Å². The smallest absolute Gasteiger partial charge is 0.148 e. The molecule has 0 radical (unpaired) electrons. The Bertz CT molecular complexity index is 376. The molecule has 1 aliphatic heterocycles. The first-order valence-electron chi connectivity index (χ1n) is 6.54. The second-order valence-corrected chi connectivity index (χ2v) is 4.94. The predicted octanol–water partition coefficient (Wildman–Crippen LogP) is 2.06. The van der Waals surface area contributed by atoms with Crippen LogP contribution in [0.15, 0.2) is 6.07 Å². The molecule has 0 amide bonds. The Morgan fingerprint density at radius 1 is 1.41 bits per heavy atom. The van der Waals surface area contributed by atoms with Gasteiger partial charge in [0.15, 0.2) is 0 Å². The van der Waals surface area contributed by atoms with Crippen molar-refractivity contribution >= 4 is 5.82 Å². The molecule has 4 nitrogen and oxygen atoms in total. The number of nitrogens with zero attached hydrogens (tertiary/aromatic N) is 3. The van der Waals surface area contributed by atoms with E-state index < -0.39 is 0 Å². The zero-order valence-corrected chi connectivity index (χ0v) is 11.0. The van der Waals surface area contributed by atoms with E-state index in [4.69, 9.17) is 0 Å². The van der Waals surface area contributed by atoms with Crippen molar-refractivity contribution in [2.75, 3.05) is 18.4 Å². The molecule has 0 aromatic carbocycles. The molecule has 1 aromatic rings. The van der Waals surface area contributed by atoms with Gasteiger partial charge in [-0.3, -0.25) is 4.90 Å². The minimum absolute atomic E-state index is 0.600. The lowest BCUT2D eigenvalue weighted by Crippen LogP contribution is -2.36. The fourth-order valence-electron chi connectivity index (χ4n) is 2.13. The van der Waals surface area contributed by atoms with Gasteiger partial charge >= 0.3 is 0 Å². The van der Waals surface area contributed by atoms with E-state index >= 15 is 0 Å². The third-order valence-electron chi connectivity index (χ3n) is 3.26. The molecule has 0 atom stereocenters. The molecule has 0 aliphatic carbocycles. The molecule has 2 rings (SSSR count). The minimum atomic E-state index is 0.600. The van der Waals surface area contributed by atoms with Crippen LogP contribution in [0.4, 0.5) is 5.82 Å². The summed E-state index contributed by atoms with van der Waals surface area (Å²) in [6, 6.07) is 2.76. The van der Waals surface area contributed by atoms with Crippen LogP contribution in [0.25, 0.3) is 0 Å². The normalized spacial score (nSPS) is 16.0. The molecule has 1 aromatic heterocycles. The van der Waals surface area contributed by atoms with Gasteiger partial charge in [0.25, 0.3) is 0 Å². The summed E-state index contributed by atoms with van der Waals surface area (Å²) in [6.45, 7) is 9.71. The summed E-state index contributed by atoms with van der Waals surface area (Å²) >= 11 is 0. The molecule has 1 aliphatic rings. The van der Waals surface area contributed by atoms with Crippen LogP contribution in [-0.4, -0.2) is 34.2 Å². The molecule has 2 heterocycles. The second kappa shape index (κ2) is 5.45. The van der Waals surface area contributed by atoms with E-state index in [1.165, 1.54) is 11.3 Å². The molecule has 0 spiro atoms. The quantitative estimate of drug-likeness (QED) is 0.866. The Labute approximate surface area is 103 Å². The van der Waals surface area contributed by atoms with Crippen LogP contribution in [0, 0.1) is 0 Å². The highest BCUT2D eigenvalue weighted by Crippen LogP contribution is 2.20. The molecule has 17 heavy (non-hydrogen) atoms. The minimum Gasteiger partial charge on any atom is -0.369 e. The lowest BCUT2D eigenvalue weighted by molar-refractivity contribution is 0.201. The van der Waals surface area contributed by atoms with Gasteiger partial charge in [-0.25, -0.2) is 0 Å². The summed E-state index contributed by atoms with van der Waals surface area (Å²) in [5.74, 6) is 0.913. The maximum Gasteiger partial charge on any atom is 0.148 e. The third-order valence-corrected chi connectivity index (χ3v) is 3.26. The first-order valence-corrected chi connectivity index (χ1v) is 6.54. The molecule has 4 heteroatoms. The fourth-order valence-corrected chi connectivity index (χ4v) is 2.13. The Balaban J connectivity index is 2.11.